The van der Waals surface area contributed by atoms with Gasteiger partial charge in [-0.2, -0.15) is 13.2 Å². The summed E-state index contributed by atoms with van der Waals surface area (Å²) in [4.78, 5) is 0. The maximum atomic E-state index is 11.4. The number of alkyl halides is 3. The molecule has 66 valence electrons. The highest BCUT2D eigenvalue weighted by atomic mass is 32.2. The molecule has 0 aromatic carbocycles. The third-order valence-electron chi connectivity index (χ3n) is 0.867. The standard InChI is InChI=1S/C5H7F3O2S/c1-2-11(9,10)4-3-5(6,7)8/h3-4H,2H2,1H3/b4-3+. The van der Waals surface area contributed by atoms with E-state index in [1.54, 1.807) is 0 Å². The first kappa shape index (κ1) is 10.5. The van der Waals surface area contributed by atoms with Crippen LogP contribution in [0.2, 0.25) is 0 Å². The fraction of sp³-hybridized carbons (Fsp3) is 0.600. The number of sulfone groups is 1. The van der Waals surface area contributed by atoms with Gasteiger partial charge in [0.15, 0.2) is 9.84 Å². The van der Waals surface area contributed by atoms with Gasteiger partial charge in [0.2, 0.25) is 0 Å². The van der Waals surface area contributed by atoms with Gasteiger partial charge in [-0.05, 0) is 0 Å². The van der Waals surface area contributed by atoms with Crippen LogP contribution in [0.3, 0.4) is 0 Å². The van der Waals surface area contributed by atoms with Gasteiger partial charge in [0.1, 0.15) is 0 Å². The molecule has 0 saturated heterocycles. The number of rotatable bonds is 2. The minimum Gasteiger partial charge on any atom is -0.224 e. The van der Waals surface area contributed by atoms with Gasteiger partial charge < -0.3 is 0 Å². The molecule has 0 aliphatic carbocycles. The summed E-state index contributed by atoms with van der Waals surface area (Å²) >= 11 is 0. The molecule has 6 heteroatoms. The summed E-state index contributed by atoms with van der Waals surface area (Å²) in [7, 11) is -3.65. The van der Waals surface area contributed by atoms with E-state index in [2.05, 4.69) is 0 Å². The second-order valence-electron chi connectivity index (χ2n) is 1.80. The second-order valence-corrected chi connectivity index (χ2v) is 3.97. The van der Waals surface area contributed by atoms with E-state index in [9.17, 15) is 21.6 Å². The fourth-order valence-corrected chi connectivity index (χ4v) is 0.831. The molecule has 0 aliphatic heterocycles. The van der Waals surface area contributed by atoms with Crippen molar-refractivity contribution in [1.29, 1.82) is 0 Å². The molecule has 11 heavy (non-hydrogen) atoms. The molecule has 0 spiro atoms. The largest absolute Gasteiger partial charge is 0.410 e. The summed E-state index contributed by atoms with van der Waals surface area (Å²) in [5.74, 6) is -0.320. The predicted molar refractivity (Wildman–Crippen MR) is 34.7 cm³/mol. The summed E-state index contributed by atoms with van der Waals surface area (Å²) in [5.41, 5.74) is 0. The van der Waals surface area contributed by atoms with Crippen LogP contribution in [-0.2, 0) is 9.84 Å². The van der Waals surface area contributed by atoms with Crippen molar-refractivity contribution in [3.63, 3.8) is 0 Å². The average molecular weight is 188 g/mol. The van der Waals surface area contributed by atoms with Crippen molar-refractivity contribution < 1.29 is 21.6 Å². The molecule has 0 rings (SSSR count). The van der Waals surface area contributed by atoms with Crippen LogP contribution >= 0.6 is 0 Å². The number of halogens is 3. The monoisotopic (exact) mass is 188 g/mol. The lowest BCUT2D eigenvalue weighted by molar-refractivity contribution is -0.0797. The van der Waals surface area contributed by atoms with Crippen molar-refractivity contribution in [2.75, 3.05) is 5.75 Å². The zero-order valence-electron chi connectivity index (χ0n) is 5.72. The van der Waals surface area contributed by atoms with Crippen molar-refractivity contribution in [1.82, 2.24) is 0 Å². The third-order valence-corrected chi connectivity index (χ3v) is 2.22. The van der Waals surface area contributed by atoms with Crippen molar-refractivity contribution in [3.05, 3.63) is 11.5 Å². The van der Waals surface area contributed by atoms with E-state index in [4.69, 9.17) is 0 Å². The molecule has 0 aliphatic rings. The van der Waals surface area contributed by atoms with Crippen LogP contribution in [0.4, 0.5) is 13.2 Å². The van der Waals surface area contributed by atoms with Gasteiger partial charge in [-0.3, -0.25) is 0 Å². The molecule has 0 heterocycles. The van der Waals surface area contributed by atoms with Gasteiger partial charge in [0.25, 0.3) is 0 Å². The first-order valence-corrected chi connectivity index (χ1v) is 4.47. The summed E-state index contributed by atoms with van der Waals surface area (Å²) in [6, 6.07) is 0. The van der Waals surface area contributed by atoms with Crippen molar-refractivity contribution in [3.8, 4) is 0 Å². The molecular formula is C5H7F3O2S. The lowest BCUT2D eigenvalue weighted by atomic mass is 10.6. The maximum Gasteiger partial charge on any atom is 0.410 e. The molecule has 0 unspecified atom stereocenters. The normalized spacial score (nSPS) is 14.2. The molecule has 0 aromatic rings. The highest BCUT2D eigenvalue weighted by Gasteiger charge is 2.23. The Morgan fingerprint density at radius 2 is 1.82 bits per heavy atom. The molecule has 0 radical (unpaired) electrons. The van der Waals surface area contributed by atoms with Crippen LogP contribution in [0.25, 0.3) is 0 Å². The van der Waals surface area contributed by atoms with E-state index in [0.717, 1.165) is 0 Å². The minimum absolute atomic E-state index is 0.174. The highest BCUT2D eigenvalue weighted by molar-refractivity contribution is 7.94. The molecule has 0 N–H and O–H groups in total. The van der Waals surface area contributed by atoms with Gasteiger partial charge in [-0.1, -0.05) is 6.92 Å². The number of allylic oxidation sites excluding steroid dienone is 1. The molecule has 0 saturated carbocycles. The molecule has 0 amide bonds. The smallest absolute Gasteiger partial charge is 0.224 e. The Bertz CT molecular complexity index is 237. The van der Waals surface area contributed by atoms with Gasteiger partial charge in [-0.25, -0.2) is 8.42 Å². The maximum absolute atomic E-state index is 11.4. The topological polar surface area (TPSA) is 34.1 Å². The Labute approximate surface area is 62.6 Å². The van der Waals surface area contributed by atoms with Gasteiger partial charge >= 0.3 is 6.18 Å². The van der Waals surface area contributed by atoms with E-state index in [1.807, 2.05) is 0 Å². The van der Waals surface area contributed by atoms with Crippen molar-refractivity contribution >= 4 is 9.84 Å². The molecule has 0 atom stereocenters. The summed E-state index contributed by atoms with van der Waals surface area (Å²) in [6.45, 7) is 1.27. The van der Waals surface area contributed by atoms with E-state index in [0.29, 0.717) is 0 Å². The van der Waals surface area contributed by atoms with Gasteiger partial charge in [-0.15, -0.1) is 0 Å². The Morgan fingerprint density at radius 1 is 1.36 bits per heavy atom. The first-order valence-electron chi connectivity index (χ1n) is 2.75. The average Bonchev–Trinajstić information content (AvgIpc) is 1.83. The van der Waals surface area contributed by atoms with Crippen molar-refractivity contribution in [2.45, 2.75) is 13.1 Å². The van der Waals surface area contributed by atoms with E-state index >= 15 is 0 Å². The Balaban J connectivity index is 4.39. The number of hydrogen-bond acceptors (Lipinski definition) is 2. The van der Waals surface area contributed by atoms with Crippen LogP contribution in [0.5, 0.6) is 0 Å². The molecule has 0 bridgehead atoms. The number of hydrogen-bond donors (Lipinski definition) is 0. The fourth-order valence-electron chi connectivity index (χ4n) is 0.277. The Hall–Kier alpha value is -0.520. The zero-order chi connectivity index (χ0) is 9.12. The van der Waals surface area contributed by atoms with Gasteiger partial charge in [0, 0.05) is 11.5 Å². The molecule has 2 nitrogen and oxygen atoms in total. The van der Waals surface area contributed by atoms with Crippen LogP contribution in [-0.4, -0.2) is 20.3 Å². The predicted octanol–water partition coefficient (Wildman–Crippen LogP) is 1.50. The Kier molecular flexibility index (Phi) is 3.10. The van der Waals surface area contributed by atoms with Crippen LogP contribution in [0.15, 0.2) is 11.5 Å². The third kappa shape index (κ3) is 5.90. The van der Waals surface area contributed by atoms with Crippen LogP contribution < -0.4 is 0 Å². The highest BCUT2D eigenvalue weighted by Crippen LogP contribution is 2.16. The van der Waals surface area contributed by atoms with E-state index in [1.165, 1.54) is 6.92 Å². The molecular weight excluding hydrogens is 181 g/mol. The molecule has 0 fully saturated rings. The first-order chi connectivity index (χ1) is 4.77. The van der Waals surface area contributed by atoms with E-state index < -0.39 is 16.0 Å². The minimum atomic E-state index is -4.55. The van der Waals surface area contributed by atoms with Crippen LogP contribution in [0, 0.1) is 0 Å². The second kappa shape index (κ2) is 3.25. The molecule has 0 aromatic heterocycles. The quantitative estimate of drug-likeness (QED) is 0.658. The van der Waals surface area contributed by atoms with E-state index in [-0.39, 0.29) is 17.2 Å². The summed E-state index contributed by atoms with van der Waals surface area (Å²) in [5, 5.41) is 0.174. The van der Waals surface area contributed by atoms with Crippen molar-refractivity contribution in [2.24, 2.45) is 0 Å². The SMILES string of the molecule is CCS(=O)(=O)/C=C/C(F)(F)F. The lowest BCUT2D eigenvalue weighted by Crippen LogP contribution is -2.04. The zero-order valence-corrected chi connectivity index (χ0v) is 6.54. The summed E-state index contributed by atoms with van der Waals surface area (Å²) < 4.78 is 55.0. The lowest BCUT2D eigenvalue weighted by Gasteiger charge is -1.96. The summed E-state index contributed by atoms with van der Waals surface area (Å²) in [6.07, 6.45) is -4.84. The Morgan fingerprint density at radius 3 is 2.09 bits per heavy atom. The van der Waals surface area contributed by atoms with Gasteiger partial charge in [0.05, 0.1) is 5.75 Å². The van der Waals surface area contributed by atoms with Crippen LogP contribution in [0.1, 0.15) is 6.92 Å².